The van der Waals surface area contributed by atoms with E-state index < -0.39 is 5.91 Å². The summed E-state index contributed by atoms with van der Waals surface area (Å²) in [5.41, 5.74) is 1.17. The molecule has 1 heterocycles. The van der Waals surface area contributed by atoms with Gasteiger partial charge in [-0.25, -0.2) is 0 Å². The summed E-state index contributed by atoms with van der Waals surface area (Å²) in [5, 5.41) is 3.37. The van der Waals surface area contributed by atoms with Gasteiger partial charge in [0, 0.05) is 16.1 Å². The molecule has 0 atom stereocenters. The number of carbonyl (C=O) groups excluding carboxylic acids is 2. The van der Waals surface area contributed by atoms with Crippen molar-refractivity contribution in [1.29, 1.82) is 0 Å². The lowest BCUT2D eigenvalue weighted by Crippen LogP contribution is -2.20. The summed E-state index contributed by atoms with van der Waals surface area (Å²) in [4.78, 5) is 28.6. The number of amides is 2. The van der Waals surface area contributed by atoms with Crippen molar-refractivity contribution < 1.29 is 14.3 Å². The molecule has 1 aliphatic heterocycles. The molecule has 5 nitrogen and oxygen atoms in total. The Kier molecular flexibility index (Phi) is 5.21. The average molecular weight is 373 g/mol. The van der Waals surface area contributed by atoms with Crippen LogP contribution in [0, 0.1) is 0 Å². The van der Waals surface area contributed by atoms with E-state index >= 15 is 0 Å². The number of hydrogen-bond acceptors (Lipinski definition) is 4. The van der Waals surface area contributed by atoms with Crippen molar-refractivity contribution in [3.8, 4) is 5.75 Å². The van der Waals surface area contributed by atoms with Gasteiger partial charge >= 0.3 is 0 Å². The minimum Gasteiger partial charge on any atom is -0.496 e. The molecule has 1 saturated heterocycles. The second-order valence-corrected chi connectivity index (χ2v) is 6.50. The first kappa shape index (κ1) is 17.3. The van der Waals surface area contributed by atoms with Crippen molar-refractivity contribution in [3.63, 3.8) is 0 Å². The summed E-state index contributed by atoms with van der Waals surface area (Å²) >= 11 is 6.91. The van der Waals surface area contributed by atoms with Crippen LogP contribution in [0.5, 0.6) is 5.75 Å². The van der Waals surface area contributed by atoms with Crippen molar-refractivity contribution in [1.82, 2.24) is 5.32 Å². The molecule has 0 aliphatic carbocycles. The third-order valence-electron chi connectivity index (χ3n) is 3.37. The summed E-state index contributed by atoms with van der Waals surface area (Å²) in [5.74, 6) is -0.0948. The minimum absolute atomic E-state index is 0.242. The smallest absolute Gasteiger partial charge is 0.279 e. The van der Waals surface area contributed by atoms with Crippen LogP contribution >= 0.6 is 23.4 Å². The molecule has 1 fully saturated rings. The van der Waals surface area contributed by atoms with E-state index in [1.165, 1.54) is 0 Å². The maximum Gasteiger partial charge on any atom is 0.279 e. The van der Waals surface area contributed by atoms with Crippen LogP contribution < -0.4 is 10.1 Å². The Morgan fingerprint density at radius 3 is 2.64 bits per heavy atom. The first-order valence-corrected chi connectivity index (χ1v) is 8.49. The van der Waals surface area contributed by atoms with Crippen LogP contribution in [0.3, 0.4) is 0 Å². The van der Waals surface area contributed by atoms with Crippen LogP contribution in [0.4, 0.5) is 0 Å². The predicted octanol–water partition coefficient (Wildman–Crippen LogP) is 3.75. The number of aliphatic imine (C=N–C) groups is 1. The van der Waals surface area contributed by atoms with Crippen molar-refractivity contribution in [3.05, 3.63) is 69.6 Å². The zero-order valence-corrected chi connectivity index (χ0v) is 14.7. The third-order valence-corrected chi connectivity index (χ3v) is 4.53. The van der Waals surface area contributed by atoms with E-state index in [2.05, 4.69) is 10.3 Å². The highest BCUT2D eigenvalue weighted by atomic mass is 35.5. The zero-order valence-electron chi connectivity index (χ0n) is 13.2. The van der Waals surface area contributed by atoms with Gasteiger partial charge in [0.1, 0.15) is 5.75 Å². The van der Waals surface area contributed by atoms with Gasteiger partial charge in [-0.1, -0.05) is 29.8 Å². The van der Waals surface area contributed by atoms with Gasteiger partial charge in [-0.05, 0) is 48.2 Å². The molecule has 2 aromatic carbocycles. The Balaban J connectivity index is 1.81. The maximum absolute atomic E-state index is 12.1. The van der Waals surface area contributed by atoms with E-state index in [0.717, 1.165) is 17.3 Å². The number of halogens is 1. The Hall–Kier alpha value is -2.57. The summed E-state index contributed by atoms with van der Waals surface area (Å²) in [6.45, 7) is 0. The quantitative estimate of drug-likeness (QED) is 0.833. The molecule has 3 rings (SSSR count). The molecule has 0 aromatic heterocycles. The van der Waals surface area contributed by atoms with Crippen LogP contribution in [0.25, 0.3) is 6.08 Å². The molecule has 0 spiro atoms. The van der Waals surface area contributed by atoms with Crippen LogP contribution in [0.15, 0.2) is 58.4 Å². The van der Waals surface area contributed by atoms with E-state index in [0.29, 0.717) is 21.2 Å². The lowest BCUT2D eigenvalue weighted by atomic mass is 10.2. The number of para-hydroxylation sites is 1. The van der Waals surface area contributed by atoms with Crippen molar-refractivity contribution in [2.45, 2.75) is 0 Å². The summed E-state index contributed by atoms with van der Waals surface area (Å²) in [6, 6.07) is 13.7. The van der Waals surface area contributed by atoms with Gasteiger partial charge in [0.2, 0.25) is 0 Å². The normalized spacial score (nSPS) is 17.0. The second-order valence-electron chi connectivity index (χ2n) is 5.04. The lowest BCUT2D eigenvalue weighted by Gasteiger charge is -2.03. The highest BCUT2D eigenvalue weighted by Crippen LogP contribution is 2.29. The van der Waals surface area contributed by atoms with Gasteiger partial charge in [0.15, 0.2) is 5.17 Å². The fourth-order valence-electron chi connectivity index (χ4n) is 2.16. The van der Waals surface area contributed by atoms with Crippen molar-refractivity contribution in [2.75, 3.05) is 7.11 Å². The topological polar surface area (TPSA) is 67.8 Å². The average Bonchev–Trinajstić information content (AvgIpc) is 2.95. The van der Waals surface area contributed by atoms with Crippen LogP contribution in [0.2, 0.25) is 5.02 Å². The van der Waals surface area contributed by atoms with E-state index in [1.807, 2.05) is 24.3 Å². The zero-order chi connectivity index (χ0) is 17.8. The van der Waals surface area contributed by atoms with Crippen LogP contribution in [-0.2, 0) is 4.79 Å². The second kappa shape index (κ2) is 7.55. The van der Waals surface area contributed by atoms with Gasteiger partial charge in [-0.3, -0.25) is 9.59 Å². The number of nitrogens with zero attached hydrogens (tertiary/aromatic N) is 1. The van der Waals surface area contributed by atoms with Crippen LogP contribution in [-0.4, -0.2) is 24.1 Å². The SMILES string of the molecule is COc1ccccc1/C=C1\SC(=NC(=O)c2ccc(Cl)cc2)NC1=O. The van der Waals surface area contributed by atoms with Crippen LogP contribution in [0.1, 0.15) is 15.9 Å². The largest absolute Gasteiger partial charge is 0.496 e. The van der Waals surface area contributed by atoms with E-state index in [4.69, 9.17) is 16.3 Å². The molecule has 126 valence electrons. The number of hydrogen-bond donors (Lipinski definition) is 1. The molecule has 1 N–H and O–H groups in total. The number of amidine groups is 1. The predicted molar refractivity (Wildman–Crippen MR) is 99.9 cm³/mol. The number of methoxy groups -OCH3 is 1. The Morgan fingerprint density at radius 1 is 1.20 bits per heavy atom. The molecule has 25 heavy (non-hydrogen) atoms. The Bertz CT molecular complexity index is 891. The Morgan fingerprint density at radius 2 is 1.92 bits per heavy atom. The lowest BCUT2D eigenvalue weighted by molar-refractivity contribution is -0.115. The number of carbonyl (C=O) groups is 2. The van der Waals surface area contributed by atoms with E-state index in [1.54, 1.807) is 37.5 Å². The number of nitrogens with one attached hydrogen (secondary N) is 1. The molecule has 0 saturated carbocycles. The third kappa shape index (κ3) is 4.10. The number of thioether (sulfide) groups is 1. The van der Waals surface area contributed by atoms with Gasteiger partial charge in [0.05, 0.1) is 12.0 Å². The van der Waals surface area contributed by atoms with E-state index in [-0.39, 0.29) is 11.1 Å². The fourth-order valence-corrected chi connectivity index (χ4v) is 3.09. The standard InChI is InChI=1S/C18H13ClN2O3S/c1-24-14-5-3-2-4-12(14)10-15-17(23)21-18(25-15)20-16(22)11-6-8-13(19)9-7-11/h2-10H,1H3,(H,20,21,22,23)/b15-10-. The van der Waals surface area contributed by atoms with Gasteiger partial charge < -0.3 is 10.1 Å². The monoisotopic (exact) mass is 372 g/mol. The summed E-state index contributed by atoms with van der Waals surface area (Å²) in [7, 11) is 1.57. The van der Waals surface area contributed by atoms with Gasteiger partial charge in [0.25, 0.3) is 11.8 Å². The molecule has 1 aliphatic rings. The first-order valence-electron chi connectivity index (χ1n) is 7.29. The highest BCUT2D eigenvalue weighted by molar-refractivity contribution is 8.18. The summed E-state index contributed by atoms with van der Waals surface area (Å²) < 4.78 is 5.27. The molecule has 0 bridgehead atoms. The Labute approximate surface area is 153 Å². The molecule has 0 radical (unpaired) electrons. The first-order chi connectivity index (χ1) is 12.1. The fraction of sp³-hybridized carbons (Fsp3) is 0.0556. The molecule has 7 heteroatoms. The molecule has 2 aromatic rings. The maximum atomic E-state index is 12.1. The number of rotatable bonds is 3. The minimum atomic E-state index is -0.446. The van der Waals surface area contributed by atoms with Gasteiger partial charge in [-0.2, -0.15) is 4.99 Å². The molecular weight excluding hydrogens is 360 g/mol. The van der Waals surface area contributed by atoms with E-state index in [9.17, 15) is 9.59 Å². The summed E-state index contributed by atoms with van der Waals surface area (Å²) in [6.07, 6.45) is 1.70. The van der Waals surface area contributed by atoms with Crippen molar-refractivity contribution >= 4 is 46.4 Å². The van der Waals surface area contributed by atoms with Gasteiger partial charge in [-0.15, -0.1) is 0 Å². The number of benzene rings is 2. The molecule has 0 unspecified atom stereocenters. The highest BCUT2D eigenvalue weighted by Gasteiger charge is 2.25. The molecular formula is C18H13ClN2O3S. The number of ether oxygens (including phenoxy) is 1. The molecule has 2 amide bonds. The van der Waals surface area contributed by atoms with Crippen molar-refractivity contribution in [2.24, 2.45) is 4.99 Å².